The Morgan fingerprint density at radius 3 is 2.14 bits per heavy atom. The number of ketones is 1. The van der Waals surface area contributed by atoms with Crippen LogP contribution in [0.5, 0.6) is 0 Å². The van der Waals surface area contributed by atoms with E-state index in [2.05, 4.69) is 74.3 Å². The molecule has 1 N–H and O–H groups in total. The molecule has 6 aromatic rings. The van der Waals surface area contributed by atoms with E-state index in [0.29, 0.717) is 0 Å². The number of carbonyl (C=O) groups is 1. The van der Waals surface area contributed by atoms with E-state index in [4.69, 9.17) is 9.40 Å². The van der Waals surface area contributed by atoms with Crippen LogP contribution in [0.1, 0.15) is 93.6 Å². The molecule has 0 saturated heterocycles. The third-order valence-corrected chi connectivity index (χ3v) is 11.6. The van der Waals surface area contributed by atoms with Crippen molar-refractivity contribution >= 4 is 48.9 Å². The number of aliphatic hydroxyl groups is 1. The Hall–Kier alpha value is -3.64. The van der Waals surface area contributed by atoms with Gasteiger partial charge >= 0.3 is 0 Å². The smallest absolute Gasteiger partial charge is 0.164 e. The number of hydrogen-bond acceptors (Lipinski definition) is 6. The Morgan fingerprint density at radius 1 is 0.840 bits per heavy atom. The number of rotatable bonds is 9. The SMILES string of the molecule is CC(C)(C)c1cc(-c2nccc3sc(-c4nccc5ccoc45)cc23)[c-]c2ccccc12.CCC(C)(CC)C(=O)/C=C(\O)C(C)(CC)CC.[Ir]. The zero-order valence-electron chi connectivity index (χ0n) is 30.7. The van der Waals surface area contributed by atoms with Crippen molar-refractivity contribution in [1.29, 1.82) is 0 Å². The van der Waals surface area contributed by atoms with Crippen LogP contribution < -0.4 is 0 Å². The minimum atomic E-state index is -0.337. The molecule has 6 rings (SSSR count). The first kappa shape index (κ1) is 39.2. The van der Waals surface area contributed by atoms with Gasteiger partial charge in [0.05, 0.1) is 11.1 Å². The number of thiophene rings is 1. The van der Waals surface area contributed by atoms with Gasteiger partial charge in [-0.05, 0) is 60.7 Å². The van der Waals surface area contributed by atoms with Crippen molar-refractivity contribution in [3.8, 4) is 21.8 Å². The van der Waals surface area contributed by atoms with Crippen molar-refractivity contribution in [2.75, 3.05) is 0 Å². The van der Waals surface area contributed by atoms with Crippen LogP contribution in [0.3, 0.4) is 0 Å². The fourth-order valence-corrected chi connectivity index (χ4v) is 7.08. The summed E-state index contributed by atoms with van der Waals surface area (Å²) in [7, 11) is 0. The first-order valence-corrected chi connectivity index (χ1v) is 18.2. The first-order chi connectivity index (χ1) is 23.3. The molecule has 265 valence electrons. The fourth-order valence-electron chi connectivity index (χ4n) is 6.03. The van der Waals surface area contributed by atoms with Gasteiger partial charge in [-0.25, -0.2) is 0 Å². The molecule has 7 heteroatoms. The molecule has 0 aliphatic heterocycles. The molecule has 0 aliphatic carbocycles. The summed E-state index contributed by atoms with van der Waals surface area (Å²) in [5.74, 6) is 0.286. The number of carbonyl (C=O) groups excluding carboxylic acids is 1. The van der Waals surface area contributed by atoms with Gasteiger partial charge in [0.2, 0.25) is 0 Å². The summed E-state index contributed by atoms with van der Waals surface area (Å²) in [5, 5.41) is 14.7. The normalized spacial score (nSPS) is 12.5. The van der Waals surface area contributed by atoms with Crippen LogP contribution in [0.15, 0.2) is 89.5 Å². The zero-order chi connectivity index (χ0) is 35.6. The van der Waals surface area contributed by atoms with Crippen LogP contribution in [-0.4, -0.2) is 20.9 Å². The number of allylic oxidation sites excluding steroid dienone is 2. The quantitative estimate of drug-likeness (QED) is 0.0890. The van der Waals surface area contributed by atoms with Gasteiger partial charge in [-0.3, -0.25) is 14.8 Å². The number of aliphatic hydroxyl groups excluding tert-OH is 1. The molecular formula is C43H49IrN2O3S-. The molecule has 50 heavy (non-hydrogen) atoms. The molecule has 1 radical (unpaired) electrons. The van der Waals surface area contributed by atoms with Crippen LogP contribution in [0.25, 0.3) is 53.7 Å². The standard InChI is InChI=1S/C28H21N2OS.C15H28O2.Ir/c1-28(2,3)22-15-19(14-18-6-4-5-7-20(18)22)25-21-16-24(32-23(21)9-12-29-25)26-27-17(8-11-30-26)10-13-31-27;1-7-14(5,8-2)12(16)11-13(17)15(6,9-3)10-4;/h4-13,15-16H,1-3H3;11,16H,7-10H2,1-6H3;/q-1;;/b;12-11-;. The molecule has 0 spiro atoms. The minimum Gasteiger partial charge on any atom is -0.512 e. The van der Waals surface area contributed by atoms with E-state index < -0.39 is 0 Å². The Bertz CT molecular complexity index is 2130. The summed E-state index contributed by atoms with van der Waals surface area (Å²) >= 11 is 1.71. The van der Waals surface area contributed by atoms with Gasteiger partial charge in [0.15, 0.2) is 11.4 Å². The predicted octanol–water partition coefficient (Wildman–Crippen LogP) is 12.7. The minimum absolute atomic E-state index is 0. The number of aromatic nitrogens is 2. The average molecular weight is 866 g/mol. The molecule has 0 saturated carbocycles. The molecule has 4 heterocycles. The van der Waals surface area contributed by atoms with Crippen molar-refractivity contribution in [2.24, 2.45) is 10.8 Å². The number of furan rings is 1. The molecule has 0 aliphatic rings. The van der Waals surface area contributed by atoms with E-state index in [-0.39, 0.29) is 47.9 Å². The topological polar surface area (TPSA) is 76.2 Å². The molecule has 5 nitrogen and oxygen atoms in total. The number of pyridine rings is 2. The average Bonchev–Trinajstić information content (AvgIpc) is 3.78. The maximum absolute atomic E-state index is 12.2. The third-order valence-electron chi connectivity index (χ3n) is 10.5. The van der Waals surface area contributed by atoms with Crippen LogP contribution >= 0.6 is 11.3 Å². The number of benzene rings is 2. The van der Waals surface area contributed by atoms with E-state index in [1.54, 1.807) is 17.6 Å². The van der Waals surface area contributed by atoms with E-state index in [0.717, 1.165) is 69.3 Å². The zero-order valence-corrected chi connectivity index (χ0v) is 33.9. The summed E-state index contributed by atoms with van der Waals surface area (Å²) < 4.78 is 6.91. The van der Waals surface area contributed by atoms with Crippen molar-refractivity contribution < 1.29 is 34.4 Å². The summed E-state index contributed by atoms with van der Waals surface area (Å²) in [6.07, 6.45) is 10.2. The molecule has 0 bridgehead atoms. The van der Waals surface area contributed by atoms with Crippen molar-refractivity contribution in [3.63, 3.8) is 0 Å². The Balaban J connectivity index is 0.000000269. The first-order valence-electron chi connectivity index (χ1n) is 17.4. The van der Waals surface area contributed by atoms with Crippen molar-refractivity contribution in [2.45, 2.75) is 93.4 Å². The van der Waals surface area contributed by atoms with Gasteiger partial charge < -0.3 is 9.52 Å². The van der Waals surface area contributed by atoms with Gasteiger partial charge in [-0.15, -0.1) is 40.5 Å². The molecule has 0 fully saturated rings. The van der Waals surface area contributed by atoms with Gasteiger partial charge in [0.1, 0.15) is 11.5 Å². The molecule has 2 aromatic carbocycles. The van der Waals surface area contributed by atoms with Crippen LogP contribution in [0, 0.1) is 16.9 Å². The van der Waals surface area contributed by atoms with E-state index in [1.807, 2.05) is 66.1 Å². The second kappa shape index (κ2) is 15.7. The summed E-state index contributed by atoms with van der Waals surface area (Å²) in [6, 6.07) is 22.6. The van der Waals surface area contributed by atoms with E-state index in [9.17, 15) is 9.90 Å². The summed E-state index contributed by atoms with van der Waals surface area (Å²) in [6.45, 7) is 18.8. The van der Waals surface area contributed by atoms with Crippen molar-refractivity contribution in [3.05, 3.63) is 96.7 Å². The molecule has 0 atom stereocenters. The summed E-state index contributed by atoms with van der Waals surface area (Å²) in [5.41, 5.74) is 4.38. The van der Waals surface area contributed by atoms with Gasteiger partial charge in [0.25, 0.3) is 0 Å². The second-order valence-corrected chi connectivity index (χ2v) is 15.6. The maximum Gasteiger partial charge on any atom is 0.164 e. The monoisotopic (exact) mass is 866 g/mol. The molecule has 4 aromatic heterocycles. The second-order valence-electron chi connectivity index (χ2n) is 14.5. The third kappa shape index (κ3) is 7.81. The Labute approximate surface area is 314 Å². The number of hydrogen-bond donors (Lipinski definition) is 1. The van der Waals surface area contributed by atoms with Gasteiger partial charge in [0, 0.05) is 65.2 Å². The van der Waals surface area contributed by atoms with Gasteiger partial charge in [-0.1, -0.05) is 91.5 Å². The Morgan fingerprint density at radius 2 is 1.48 bits per heavy atom. The largest absolute Gasteiger partial charge is 0.512 e. The van der Waals surface area contributed by atoms with Crippen molar-refractivity contribution in [1.82, 2.24) is 9.97 Å². The molecular weight excluding hydrogens is 817 g/mol. The number of fused-ring (bicyclic) bond motifs is 3. The van der Waals surface area contributed by atoms with Crippen LogP contribution in [0.4, 0.5) is 0 Å². The predicted molar refractivity (Wildman–Crippen MR) is 206 cm³/mol. The van der Waals surface area contributed by atoms with Crippen LogP contribution in [0.2, 0.25) is 0 Å². The maximum atomic E-state index is 12.2. The number of nitrogens with zero attached hydrogens (tertiary/aromatic N) is 2. The molecule has 0 unspecified atom stereocenters. The fraction of sp³-hybridized carbons (Fsp3) is 0.372. The molecule has 0 amide bonds. The Kier molecular flexibility index (Phi) is 12.3. The van der Waals surface area contributed by atoms with E-state index >= 15 is 0 Å². The van der Waals surface area contributed by atoms with E-state index in [1.165, 1.54) is 21.7 Å². The van der Waals surface area contributed by atoms with Crippen LogP contribution in [-0.2, 0) is 30.3 Å². The summed E-state index contributed by atoms with van der Waals surface area (Å²) in [4.78, 5) is 22.7. The van der Waals surface area contributed by atoms with Gasteiger partial charge in [-0.2, -0.15) is 0 Å².